The molecule has 0 atom stereocenters. The summed E-state index contributed by atoms with van der Waals surface area (Å²) in [5.74, 6) is -0.249. The van der Waals surface area contributed by atoms with Gasteiger partial charge < -0.3 is 14.5 Å². The Balaban J connectivity index is 2.13. The molecule has 1 saturated heterocycles. The Bertz CT molecular complexity index is 488. The fourth-order valence-corrected chi connectivity index (χ4v) is 1.85. The molecule has 1 aliphatic rings. The third-order valence-electron chi connectivity index (χ3n) is 2.55. The highest BCUT2D eigenvalue weighted by Crippen LogP contribution is 2.30. The molecule has 1 aromatic carbocycles. The Labute approximate surface area is 85.8 Å². The van der Waals surface area contributed by atoms with Crippen LogP contribution >= 0.6 is 0 Å². The largest absolute Gasteiger partial charge is 0.361 e. The van der Waals surface area contributed by atoms with Crippen molar-refractivity contribution in [3.63, 3.8) is 0 Å². The van der Waals surface area contributed by atoms with Gasteiger partial charge in [-0.15, -0.1) is 0 Å². The summed E-state index contributed by atoms with van der Waals surface area (Å²) in [4.78, 5) is 3.07. The molecule has 0 bridgehead atoms. The molecule has 0 unspecified atom stereocenters. The van der Waals surface area contributed by atoms with Crippen LogP contribution in [-0.4, -0.2) is 18.2 Å². The van der Waals surface area contributed by atoms with E-state index in [-0.39, 0.29) is 12.1 Å². The van der Waals surface area contributed by atoms with Crippen molar-refractivity contribution < 1.29 is 13.9 Å². The van der Waals surface area contributed by atoms with Crippen LogP contribution in [0.3, 0.4) is 0 Å². The van der Waals surface area contributed by atoms with E-state index in [1.165, 1.54) is 12.1 Å². The summed E-state index contributed by atoms with van der Waals surface area (Å²) >= 11 is 0. The van der Waals surface area contributed by atoms with Gasteiger partial charge in [-0.2, -0.15) is 0 Å². The normalized spacial score (nSPS) is 17.7. The highest BCUT2D eigenvalue weighted by atomic mass is 19.1. The molecule has 4 heteroatoms. The van der Waals surface area contributed by atoms with Gasteiger partial charge in [0.05, 0.1) is 13.2 Å². The fraction of sp³-hybridized carbons (Fsp3) is 0.273. The number of benzene rings is 1. The number of fused-ring (bicyclic) bond motifs is 1. The zero-order chi connectivity index (χ0) is 10.3. The average Bonchev–Trinajstić information content (AvgIpc) is 2.83. The summed E-state index contributed by atoms with van der Waals surface area (Å²) in [6.07, 6.45) is 1.45. The Kier molecular flexibility index (Phi) is 1.97. The first-order valence-electron chi connectivity index (χ1n) is 4.84. The number of aromatic nitrogens is 1. The molecule has 2 heterocycles. The molecule has 1 fully saturated rings. The monoisotopic (exact) mass is 207 g/mol. The Morgan fingerprint density at radius 2 is 2.07 bits per heavy atom. The van der Waals surface area contributed by atoms with Crippen molar-refractivity contribution in [2.45, 2.75) is 6.29 Å². The maximum absolute atomic E-state index is 13.1. The molecule has 1 aliphatic heterocycles. The first kappa shape index (κ1) is 8.88. The minimum atomic E-state index is -0.361. The molecular weight excluding hydrogens is 197 g/mol. The Morgan fingerprint density at radius 3 is 2.87 bits per heavy atom. The van der Waals surface area contributed by atoms with Crippen LogP contribution in [0.25, 0.3) is 10.9 Å². The number of ether oxygens (including phenoxy) is 2. The minimum Gasteiger partial charge on any atom is -0.361 e. The van der Waals surface area contributed by atoms with Gasteiger partial charge in [0.1, 0.15) is 5.82 Å². The minimum absolute atomic E-state index is 0.249. The molecule has 0 aliphatic carbocycles. The summed E-state index contributed by atoms with van der Waals surface area (Å²) in [6.45, 7) is 1.18. The molecule has 0 radical (unpaired) electrons. The van der Waals surface area contributed by atoms with Crippen LogP contribution in [0.2, 0.25) is 0 Å². The molecule has 0 spiro atoms. The summed E-state index contributed by atoms with van der Waals surface area (Å²) in [7, 11) is 0. The Hall–Kier alpha value is -1.39. The topological polar surface area (TPSA) is 34.2 Å². The van der Waals surface area contributed by atoms with Gasteiger partial charge in [-0.05, 0) is 18.2 Å². The van der Waals surface area contributed by atoms with Crippen LogP contribution < -0.4 is 0 Å². The number of hydrogen-bond donors (Lipinski definition) is 1. The number of hydrogen-bond acceptors (Lipinski definition) is 2. The van der Waals surface area contributed by atoms with Gasteiger partial charge in [-0.25, -0.2) is 4.39 Å². The standard InChI is InChI=1S/C11H10FNO2/c12-7-1-2-10-8(5-7)9(6-13-10)11-14-3-4-15-11/h1-2,5-6,11,13H,3-4H2. The van der Waals surface area contributed by atoms with E-state index in [1.807, 2.05) is 0 Å². The zero-order valence-corrected chi connectivity index (χ0v) is 8.00. The maximum Gasteiger partial charge on any atom is 0.186 e. The first-order chi connectivity index (χ1) is 7.34. The molecule has 0 saturated carbocycles. The van der Waals surface area contributed by atoms with E-state index in [0.29, 0.717) is 13.2 Å². The quantitative estimate of drug-likeness (QED) is 0.778. The van der Waals surface area contributed by atoms with E-state index in [1.54, 1.807) is 12.3 Å². The van der Waals surface area contributed by atoms with Crippen molar-refractivity contribution in [3.05, 3.63) is 35.8 Å². The predicted molar refractivity (Wildman–Crippen MR) is 52.9 cm³/mol. The second-order valence-electron chi connectivity index (χ2n) is 3.51. The number of H-pyrrole nitrogens is 1. The SMILES string of the molecule is Fc1ccc2[nH]cc(C3OCCO3)c2c1. The van der Waals surface area contributed by atoms with Crippen LogP contribution in [0.5, 0.6) is 0 Å². The third-order valence-corrected chi connectivity index (χ3v) is 2.55. The van der Waals surface area contributed by atoms with E-state index in [9.17, 15) is 4.39 Å². The molecule has 3 nitrogen and oxygen atoms in total. The van der Waals surface area contributed by atoms with Gasteiger partial charge in [0.15, 0.2) is 6.29 Å². The average molecular weight is 207 g/mol. The Morgan fingerprint density at radius 1 is 1.27 bits per heavy atom. The third kappa shape index (κ3) is 1.42. The van der Waals surface area contributed by atoms with E-state index in [2.05, 4.69) is 4.98 Å². The fourth-order valence-electron chi connectivity index (χ4n) is 1.85. The number of nitrogens with one attached hydrogen (secondary N) is 1. The second kappa shape index (κ2) is 3.32. The lowest BCUT2D eigenvalue weighted by Crippen LogP contribution is -1.96. The summed E-state index contributed by atoms with van der Waals surface area (Å²) < 4.78 is 23.8. The van der Waals surface area contributed by atoms with Gasteiger partial charge in [0.2, 0.25) is 0 Å². The summed E-state index contributed by atoms with van der Waals surface area (Å²) in [6, 6.07) is 4.63. The highest BCUT2D eigenvalue weighted by Gasteiger charge is 2.21. The number of halogens is 1. The molecule has 3 rings (SSSR count). The van der Waals surface area contributed by atoms with Crippen molar-refractivity contribution >= 4 is 10.9 Å². The summed E-state index contributed by atoms with van der Waals surface area (Å²) in [5, 5.41) is 0.821. The van der Waals surface area contributed by atoms with Crippen molar-refractivity contribution in [2.75, 3.05) is 13.2 Å². The van der Waals surface area contributed by atoms with Gasteiger partial charge in [0, 0.05) is 22.7 Å². The lowest BCUT2D eigenvalue weighted by atomic mass is 10.1. The predicted octanol–water partition coefficient (Wildman–Crippen LogP) is 2.35. The van der Waals surface area contributed by atoms with Crippen LogP contribution in [0.4, 0.5) is 4.39 Å². The smallest absolute Gasteiger partial charge is 0.186 e. The number of rotatable bonds is 1. The summed E-state index contributed by atoms with van der Waals surface area (Å²) in [5.41, 5.74) is 1.76. The highest BCUT2D eigenvalue weighted by molar-refractivity contribution is 5.83. The van der Waals surface area contributed by atoms with E-state index in [0.717, 1.165) is 16.5 Å². The molecule has 78 valence electrons. The van der Waals surface area contributed by atoms with Crippen LogP contribution in [-0.2, 0) is 9.47 Å². The van der Waals surface area contributed by atoms with Crippen LogP contribution in [0.1, 0.15) is 11.9 Å². The molecule has 1 N–H and O–H groups in total. The van der Waals surface area contributed by atoms with E-state index < -0.39 is 0 Å². The lowest BCUT2D eigenvalue weighted by Gasteiger charge is -2.06. The van der Waals surface area contributed by atoms with Gasteiger partial charge >= 0.3 is 0 Å². The van der Waals surface area contributed by atoms with E-state index >= 15 is 0 Å². The number of aromatic amines is 1. The van der Waals surface area contributed by atoms with Gasteiger partial charge in [-0.3, -0.25) is 0 Å². The van der Waals surface area contributed by atoms with Crippen molar-refractivity contribution in [1.82, 2.24) is 4.98 Å². The maximum atomic E-state index is 13.1. The van der Waals surface area contributed by atoms with Crippen molar-refractivity contribution in [3.8, 4) is 0 Å². The van der Waals surface area contributed by atoms with Crippen molar-refractivity contribution in [2.24, 2.45) is 0 Å². The lowest BCUT2D eigenvalue weighted by molar-refractivity contribution is -0.0429. The second-order valence-corrected chi connectivity index (χ2v) is 3.51. The van der Waals surface area contributed by atoms with E-state index in [4.69, 9.17) is 9.47 Å². The molecule has 0 amide bonds. The molecule has 1 aromatic heterocycles. The molecule has 15 heavy (non-hydrogen) atoms. The van der Waals surface area contributed by atoms with Crippen LogP contribution in [0.15, 0.2) is 24.4 Å². The van der Waals surface area contributed by atoms with Crippen molar-refractivity contribution in [1.29, 1.82) is 0 Å². The first-order valence-corrected chi connectivity index (χ1v) is 4.84. The zero-order valence-electron chi connectivity index (χ0n) is 8.00. The van der Waals surface area contributed by atoms with Crippen LogP contribution in [0, 0.1) is 5.82 Å². The molecule has 2 aromatic rings. The van der Waals surface area contributed by atoms with Gasteiger partial charge in [-0.1, -0.05) is 0 Å². The molecular formula is C11H10FNO2. The van der Waals surface area contributed by atoms with Gasteiger partial charge in [0.25, 0.3) is 0 Å².